The average Bonchev–Trinajstić information content (AvgIpc) is 2.98. The van der Waals surface area contributed by atoms with Gasteiger partial charge in [0.2, 0.25) is 5.91 Å². The van der Waals surface area contributed by atoms with Gasteiger partial charge in [0.05, 0.1) is 6.42 Å². The maximum absolute atomic E-state index is 12.8. The predicted octanol–water partition coefficient (Wildman–Crippen LogP) is 2.41. The van der Waals surface area contributed by atoms with Gasteiger partial charge in [-0.2, -0.15) is 0 Å². The minimum atomic E-state index is -0.329. The van der Waals surface area contributed by atoms with Gasteiger partial charge in [-0.25, -0.2) is 4.39 Å². The molecule has 2 N–H and O–H groups in total. The van der Waals surface area contributed by atoms with E-state index in [4.69, 9.17) is 0 Å². The molecule has 3 rings (SSSR count). The molecule has 0 aliphatic carbocycles. The van der Waals surface area contributed by atoms with Gasteiger partial charge in [0, 0.05) is 31.0 Å². The van der Waals surface area contributed by atoms with Crippen molar-refractivity contribution in [2.24, 2.45) is 7.05 Å². The summed E-state index contributed by atoms with van der Waals surface area (Å²) >= 11 is 0. The van der Waals surface area contributed by atoms with Gasteiger partial charge in [-0.15, -0.1) is 0 Å². The number of aryl methyl sites for hydroxylation is 1. The van der Waals surface area contributed by atoms with E-state index >= 15 is 0 Å². The van der Waals surface area contributed by atoms with Crippen LogP contribution in [0, 0.1) is 5.82 Å². The Hall–Kier alpha value is -3.15. The summed E-state index contributed by atoms with van der Waals surface area (Å²) in [7, 11) is 1.85. The van der Waals surface area contributed by atoms with Crippen LogP contribution in [0.25, 0.3) is 10.9 Å². The zero-order valence-electron chi connectivity index (χ0n) is 14.5. The molecule has 0 radical (unpaired) electrons. The number of para-hydroxylation sites is 1. The quantitative estimate of drug-likeness (QED) is 0.669. The van der Waals surface area contributed by atoms with E-state index in [1.807, 2.05) is 41.9 Å². The smallest absolute Gasteiger partial charge is 0.267 e. The van der Waals surface area contributed by atoms with Crippen molar-refractivity contribution in [2.75, 3.05) is 13.1 Å². The van der Waals surface area contributed by atoms with Gasteiger partial charge in [-0.3, -0.25) is 9.59 Å². The molecule has 1 aromatic heterocycles. The van der Waals surface area contributed by atoms with Gasteiger partial charge in [-0.1, -0.05) is 30.3 Å². The molecule has 0 atom stereocenters. The van der Waals surface area contributed by atoms with Crippen molar-refractivity contribution in [3.05, 3.63) is 71.7 Å². The second kappa shape index (κ2) is 7.82. The minimum absolute atomic E-state index is 0.171. The van der Waals surface area contributed by atoms with Crippen LogP contribution in [0.3, 0.4) is 0 Å². The molecular weight excluding hydrogens is 333 g/mol. The molecule has 0 saturated heterocycles. The molecular formula is C20H20FN3O2. The number of halogens is 1. The summed E-state index contributed by atoms with van der Waals surface area (Å²) in [5, 5.41) is 6.55. The van der Waals surface area contributed by atoms with Crippen LogP contribution in [-0.2, 0) is 18.3 Å². The summed E-state index contributed by atoms with van der Waals surface area (Å²) in [6.45, 7) is 0.658. The van der Waals surface area contributed by atoms with Crippen molar-refractivity contribution in [3.63, 3.8) is 0 Å². The molecule has 134 valence electrons. The summed E-state index contributed by atoms with van der Waals surface area (Å²) in [6, 6.07) is 15.4. The van der Waals surface area contributed by atoms with Crippen LogP contribution in [0.4, 0.5) is 4.39 Å². The molecule has 2 aromatic carbocycles. The maximum Gasteiger partial charge on any atom is 0.267 e. The highest BCUT2D eigenvalue weighted by Gasteiger charge is 2.12. The molecule has 3 aromatic rings. The number of hydrogen-bond donors (Lipinski definition) is 2. The van der Waals surface area contributed by atoms with Crippen LogP contribution in [0.1, 0.15) is 16.1 Å². The van der Waals surface area contributed by atoms with E-state index in [2.05, 4.69) is 10.6 Å². The predicted molar refractivity (Wildman–Crippen MR) is 98.4 cm³/mol. The molecule has 2 amide bonds. The highest BCUT2D eigenvalue weighted by molar-refractivity contribution is 5.98. The van der Waals surface area contributed by atoms with Gasteiger partial charge < -0.3 is 15.2 Å². The van der Waals surface area contributed by atoms with E-state index in [0.717, 1.165) is 16.5 Å². The van der Waals surface area contributed by atoms with E-state index in [-0.39, 0.29) is 24.1 Å². The molecule has 0 unspecified atom stereocenters. The number of nitrogens with one attached hydrogen (secondary N) is 2. The topological polar surface area (TPSA) is 63.1 Å². The third-order valence-corrected chi connectivity index (χ3v) is 4.19. The molecule has 0 fully saturated rings. The Balaban J connectivity index is 1.46. The van der Waals surface area contributed by atoms with Crippen molar-refractivity contribution in [1.29, 1.82) is 0 Å². The van der Waals surface area contributed by atoms with Crippen LogP contribution < -0.4 is 10.6 Å². The standard InChI is InChI=1S/C20H20FN3O2/c1-24-17-5-3-2-4-15(17)13-18(24)20(26)23-11-10-22-19(25)12-14-6-8-16(21)9-7-14/h2-9,13H,10-12H2,1H3,(H,22,25)(H,23,26). The molecule has 0 saturated carbocycles. The Labute approximate surface area is 150 Å². The van der Waals surface area contributed by atoms with Gasteiger partial charge >= 0.3 is 0 Å². The molecule has 0 aliphatic rings. The fraction of sp³-hybridized carbons (Fsp3) is 0.200. The van der Waals surface area contributed by atoms with E-state index in [1.165, 1.54) is 12.1 Å². The second-order valence-corrected chi connectivity index (χ2v) is 6.06. The maximum atomic E-state index is 12.8. The minimum Gasteiger partial charge on any atom is -0.354 e. The molecule has 6 heteroatoms. The Bertz CT molecular complexity index is 932. The van der Waals surface area contributed by atoms with Gasteiger partial charge in [0.15, 0.2) is 0 Å². The summed E-state index contributed by atoms with van der Waals surface area (Å²) in [5.41, 5.74) is 2.30. The number of fused-ring (bicyclic) bond motifs is 1. The molecule has 0 spiro atoms. The second-order valence-electron chi connectivity index (χ2n) is 6.06. The number of benzene rings is 2. The van der Waals surface area contributed by atoms with Crippen LogP contribution in [-0.4, -0.2) is 29.5 Å². The van der Waals surface area contributed by atoms with E-state index in [0.29, 0.717) is 18.8 Å². The lowest BCUT2D eigenvalue weighted by atomic mass is 10.1. The van der Waals surface area contributed by atoms with Gasteiger partial charge in [0.1, 0.15) is 11.5 Å². The van der Waals surface area contributed by atoms with Crippen molar-refractivity contribution in [1.82, 2.24) is 15.2 Å². The van der Waals surface area contributed by atoms with Gasteiger partial charge in [-0.05, 0) is 29.8 Å². The van der Waals surface area contributed by atoms with Crippen LogP contribution in [0.5, 0.6) is 0 Å². The summed E-state index contributed by atoms with van der Waals surface area (Å²) < 4.78 is 14.7. The summed E-state index contributed by atoms with van der Waals surface area (Å²) in [4.78, 5) is 24.2. The zero-order chi connectivity index (χ0) is 18.5. The van der Waals surface area contributed by atoms with E-state index in [9.17, 15) is 14.0 Å². The average molecular weight is 353 g/mol. The molecule has 0 bridgehead atoms. The van der Waals surface area contributed by atoms with Crippen LogP contribution in [0.15, 0.2) is 54.6 Å². The SMILES string of the molecule is Cn1c(C(=O)NCCNC(=O)Cc2ccc(F)cc2)cc2ccccc21. The molecule has 0 aliphatic heterocycles. The fourth-order valence-corrected chi connectivity index (χ4v) is 2.83. The van der Waals surface area contributed by atoms with E-state index in [1.54, 1.807) is 12.1 Å². The molecule has 5 nitrogen and oxygen atoms in total. The molecule has 26 heavy (non-hydrogen) atoms. The largest absolute Gasteiger partial charge is 0.354 e. The van der Waals surface area contributed by atoms with Gasteiger partial charge in [0.25, 0.3) is 5.91 Å². The zero-order valence-corrected chi connectivity index (χ0v) is 14.5. The lowest BCUT2D eigenvalue weighted by molar-refractivity contribution is -0.120. The normalized spacial score (nSPS) is 10.7. The van der Waals surface area contributed by atoms with E-state index < -0.39 is 0 Å². The third-order valence-electron chi connectivity index (χ3n) is 4.19. The fourth-order valence-electron chi connectivity index (χ4n) is 2.83. The lowest BCUT2D eigenvalue weighted by Gasteiger charge is -2.08. The third kappa shape index (κ3) is 4.08. The number of rotatable bonds is 6. The number of nitrogens with zero attached hydrogens (tertiary/aromatic N) is 1. The first-order valence-corrected chi connectivity index (χ1v) is 8.38. The number of carbonyl (C=O) groups is 2. The Kier molecular flexibility index (Phi) is 5.31. The van der Waals surface area contributed by atoms with Crippen molar-refractivity contribution in [3.8, 4) is 0 Å². The molecule has 1 heterocycles. The lowest BCUT2D eigenvalue weighted by Crippen LogP contribution is -2.35. The Morgan fingerprint density at radius 3 is 2.42 bits per heavy atom. The first kappa shape index (κ1) is 17.7. The Morgan fingerprint density at radius 2 is 1.69 bits per heavy atom. The summed E-state index contributed by atoms with van der Waals surface area (Å²) in [5.74, 6) is -0.683. The van der Waals surface area contributed by atoms with Crippen LogP contribution in [0.2, 0.25) is 0 Å². The monoisotopic (exact) mass is 353 g/mol. The number of amides is 2. The van der Waals surface area contributed by atoms with Crippen molar-refractivity contribution in [2.45, 2.75) is 6.42 Å². The van der Waals surface area contributed by atoms with Crippen molar-refractivity contribution >= 4 is 22.7 Å². The first-order valence-electron chi connectivity index (χ1n) is 8.38. The van der Waals surface area contributed by atoms with Crippen LogP contribution >= 0.6 is 0 Å². The summed E-state index contributed by atoms with van der Waals surface area (Å²) in [6.07, 6.45) is 0.178. The van der Waals surface area contributed by atoms with Crippen molar-refractivity contribution < 1.29 is 14.0 Å². The number of carbonyl (C=O) groups excluding carboxylic acids is 2. The highest BCUT2D eigenvalue weighted by atomic mass is 19.1. The number of aromatic nitrogens is 1. The number of hydrogen-bond acceptors (Lipinski definition) is 2. The Morgan fingerprint density at radius 1 is 1.00 bits per heavy atom. The first-order chi connectivity index (χ1) is 12.5. The highest BCUT2D eigenvalue weighted by Crippen LogP contribution is 2.17.